The van der Waals surface area contributed by atoms with Crippen LogP contribution in [0.2, 0.25) is 5.02 Å². The lowest BCUT2D eigenvalue weighted by Gasteiger charge is -2.30. The number of aromatic nitrogens is 4. The summed E-state index contributed by atoms with van der Waals surface area (Å²) in [5.74, 6) is -0.692. The van der Waals surface area contributed by atoms with Crippen LogP contribution in [0.3, 0.4) is 0 Å². The zero-order valence-corrected chi connectivity index (χ0v) is 29.2. The second kappa shape index (κ2) is 14.1. The molecule has 2 aliphatic carbocycles. The minimum atomic E-state index is -0.204. The number of rotatable bonds is 1. The molecule has 1 N–H and O–H groups in total. The molecule has 4 aliphatic rings. The number of nitrogens with one attached hydrogen (secondary N) is 1. The molecule has 2 fully saturated rings. The Balaban J connectivity index is 0.000000128. The zero-order valence-electron chi connectivity index (χ0n) is 26.8. The Bertz CT molecular complexity index is 2370. The molecule has 10 rings (SSSR count). The Labute approximate surface area is 304 Å². The van der Waals surface area contributed by atoms with Crippen molar-refractivity contribution in [1.82, 2.24) is 22.8 Å². The predicted molar refractivity (Wildman–Crippen MR) is 193 cm³/mol. The number of benzene rings is 4. The summed E-state index contributed by atoms with van der Waals surface area (Å²) in [5, 5.41) is 3.50. The first-order valence-corrected chi connectivity index (χ1v) is 18.0. The third-order valence-electron chi connectivity index (χ3n) is 8.98. The van der Waals surface area contributed by atoms with Gasteiger partial charge in [-0.05, 0) is 12.1 Å². The molecule has 51 heavy (non-hydrogen) atoms. The number of carbonyl (C=O) groups excluding carboxylic acids is 4. The van der Waals surface area contributed by atoms with E-state index in [1.165, 1.54) is 6.07 Å². The van der Waals surface area contributed by atoms with E-state index in [0.717, 1.165) is 68.5 Å². The van der Waals surface area contributed by atoms with E-state index in [0.29, 0.717) is 84.8 Å². The molecule has 0 bridgehead atoms. The van der Waals surface area contributed by atoms with Gasteiger partial charge in [0.05, 0.1) is 71.7 Å². The highest BCUT2D eigenvalue weighted by Crippen LogP contribution is 2.38. The van der Waals surface area contributed by atoms with Crippen molar-refractivity contribution < 1.29 is 28.7 Å². The van der Waals surface area contributed by atoms with Crippen LogP contribution in [-0.4, -0.2) is 93.2 Å². The predicted octanol–water partition coefficient (Wildman–Crippen LogP) is 5.03. The Morgan fingerprint density at radius 3 is 1.53 bits per heavy atom. The standard InChI is InChI=1S/C18H13N3O3S.C14H5ClN2O2S.C4H9NO/c22-17-10-3-1-2-4-11(10)18(23)14-12(17)9-13(15-16(14)20-25-19-15)21-5-7-24-8-6-21;15-9-5-8-10(12-11(9)16-20-17-12)14(19)7-4-2-1-3-6(7)13(8)18;1-3-6-4-2-5-1/h1-4,9H,5-8H2;1-5H;5H,1-4H2. The average Bonchev–Trinajstić information content (AvgIpc) is 3.89. The van der Waals surface area contributed by atoms with Gasteiger partial charge < -0.3 is 19.7 Å². The molecule has 0 spiro atoms. The molecule has 6 aromatic rings. The number of hydrogen-bond donors (Lipinski definition) is 1. The Kier molecular flexibility index (Phi) is 9.19. The fourth-order valence-corrected chi connectivity index (χ4v) is 7.95. The summed E-state index contributed by atoms with van der Waals surface area (Å²) in [6.07, 6.45) is 0. The Morgan fingerprint density at radius 2 is 1.02 bits per heavy atom. The van der Waals surface area contributed by atoms with Crippen LogP contribution in [0.5, 0.6) is 0 Å². The molecule has 4 heterocycles. The number of ketones is 4. The largest absolute Gasteiger partial charge is 0.379 e. The number of anilines is 1. The minimum absolute atomic E-state index is 0.130. The van der Waals surface area contributed by atoms with Crippen molar-refractivity contribution in [3.05, 3.63) is 110 Å². The number of fused-ring (bicyclic) bond motifs is 8. The number of hydrogen-bond acceptors (Lipinski definition) is 14. The molecule has 256 valence electrons. The van der Waals surface area contributed by atoms with Crippen molar-refractivity contribution >= 4 is 85.9 Å². The van der Waals surface area contributed by atoms with Gasteiger partial charge in [0.25, 0.3) is 0 Å². The highest BCUT2D eigenvalue weighted by molar-refractivity contribution is 7.00. The number of halogens is 1. The van der Waals surface area contributed by atoms with Gasteiger partial charge in [0.1, 0.15) is 22.1 Å². The molecule has 0 radical (unpaired) electrons. The number of ether oxygens (including phenoxy) is 2. The summed E-state index contributed by atoms with van der Waals surface area (Å²) in [5.41, 5.74) is 6.06. The van der Waals surface area contributed by atoms with E-state index in [9.17, 15) is 19.2 Å². The Hall–Kier alpha value is -4.83. The fraction of sp³-hybridized carbons (Fsp3) is 0.222. The fourth-order valence-electron chi connectivity index (χ4n) is 6.53. The van der Waals surface area contributed by atoms with Gasteiger partial charge in [-0.1, -0.05) is 60.1 Å². The maximum atomic E-state index is 13.0. The summed E-state index contributed by atoms with van der Waals surface area (Å²) < 4.78 is 27.4. The first-order chi connectivity index (χ1) is 24.9. The topological polar surface area (TPSA) is 154 Å². The smallest absolute Gasteiger partial charge is 0.196 e. The first kappa shape index (κ1) is 33.3. The maximum Gasteiger partial charge on any atom is 0.196 e. The van der Waals surface area contributed by atoms with Gasteiger partial charge >= 0.3 is 0 Å². The third kappa shape index (κ3) is 5.93. The molecule has 15 heteroatoms. The summed E-state index contributed by atoms with van der Waals surface area (Å²) in [7, 11) is 0. The molecule has 0 unspecified atom stereocenters. The molecule has 0 saturated carbocycles. The molecule has 2 aliphatic heterocycles. The Morgan fingerprint density at radius 1 is 0.569 bits per heavy atom. The summed E-state index contributed by atoms with van der Waals surface area (Å²) in [4.78, 5) is 53.3. The van der Waals surface area contributed by atoms with Crippen molar-refractivity contribution in [2.75, 3.05) is 57.5 Å². The summed E-state index contributed by atoms with van der Waals surface area (Å²) in [6.45, 7) is 6.55. The second-order valence-corrected chi connectivity index (χ2v) is 13.4. The zero-order chi connectivity index (χ0) is 35.1. The van der Waals surface area contributed by atoms with E-state index >= 15 is 0 Å². The lowest BCUT2D eigenvalue weighted by molar-refractivity contribution is 0.0980. The van der Waals surface area contributed by atoms with Gasteiger partial charge in [-0.25, -0.2) is 0 Å². The average molecular weight is 739 g/mol. The van der Waals surface area contributed by atoms with Gasteiger partial charge in [-0.3, -0.25) is 19.2 Å². The van der Waals surface area contributed by atoms with E-state index in [4.69, 9.17) is 21.1 Å². The quantitative estimate of drug-likeness (QED) is 0.240. The van der Waals surface area contributed by atoms with E-state index in [1.54, 1.807) is 54.6 Å². The van der Waals surface area contributed by atoms with Gasteiger partial charge in [-0.2, -0.15) is 17.5 Å². The molecular formula is C36H27ClN6O6S2. The van der Waals surface area contributed by atoms with Crippen LogP contribution in [0.25, 0.3) is 22.1 Å². The molecule has 4 aromatic carbocycles. The molecular weight excluding hydrogens is 712 g/mol. The SMILES string of the molecule is C1COCCN1.O=C1c2ccccc2C(=O)c2c1cc(Cl)c1nsnc21.O=C1c2ccccc2C(=O)c2c1cc(N1CCOCC1)c1nsnc21. The van der Waals surface area contributed by atoms with Crippen molar-refractivity contribution in [1.29, 1.82) is 0 Å². The molecule has 12 nitrogen and oxygen atoms in total. The van der Waals surface area contributed by atoms with Crippen molar-refractivity contribution in [2.45, 2.75) is 0 Å². The van der Waals surface area contributed by atoms with Crippen LogP contribution in [0, 0.1) is 0 Å². The lowest BCUT2D eigenvalue weighted by Crippen LogP contribution is -2.36. The monoisotopic (exact) mass is 738 g/mol. The van der Waals surface area contributed by atoms with Gasteiger partial charge in [0, 0.05) is 59.6 Å². The minimum Gasteiger partial charge on any atom is -0.379 e. The van der Waals surface area contributed by atoms with Gasteiger partial charge in [0.15, 0.2) is 23.1 Å². The molecule has 2 aromatic heterocycles. The van der Waals surface area contributed by atoms with E-state index < -0.39 is 0 Å². The lowest BCUT2D eigenvalue weighted by atomic mass is 9.83. The number of nitrogens with zero attached hydrogens (tertiary/aromatic N) is 5. The summed E-state index contributed by atoms with van der Waals surface area (Å²) >= 11 is 8.16. The van der Waals surface area contributed by atoms with Crippen molar-refractivity contribution in [3.63, 3.8) is 0 Å². The molecule has 0 amide bonds. The van der Waals surface area contributed by atoms with E-state index in [1.807, 2.05) is 0 Å². The first-order valence-electron chi connectivity index (χ1n) is 16.2. The summed E-state index contributed by atoms with van der Waals surface area (Å²) in [6, 6.07) is 17.0. The molecule has 0 atom stereocenters. The second-order valence-electron chi connectivity index (χ2n) is 11.9. The van der Waals surface area contributed by atoms with Gasteiger partial charge in [-0.15, -0.1) is 0 Å². The highest BCUT2D eigenvalue weighted by atomic mass is 35.5. The van der Waals surface area contributed by atoms with Crippen molar-refractivity contribution in [3.8, 4) is 0 Å². The van der Waals surface area contributed by atoms with Crippen molar-refractivity contribution in [2.24, 2.45) is 0 Å². The van der Waals surface area contributed by atoms with Crippen LogP contribution in [0.1, 0.15) is 63.7 Å². The normalized spacial score (nSPS) is 16.4. The maximum absolute atomic E-state index is 13.0. The molecule has 2 saturated heterocycles. The van der Waals surface area contributed by atoms with Crippen LogP contribution in [0.15, 0.2) is 60.7 Å². The van der Waals surface area contributed by atoms with Crippen LogP contribution < -0.4 is 10.2 Å². The number of carbonyl (C=O) groups is 4. The van der Waals surface area contributed by atoms with Gasteiger partial charge in [0.2, 0.25) is 0 Å². The van der Waals surface area contributed by atoms with E-state index in [2.05, 4.69) is 27.7 Å². The van der Waals surface area contributed by atoms with Crippen LogP contribution in [0.4, 0.5) is 5.69 Å². The highest BCUT2D eigenvalue weighted by Gasteiger charge is 2.35. The van der Waals surface area contributed by atoms with Crippen LogP contribution in [-0.2, 0) is 9.47 Å². The van der Waals surface area contributed by atoms with Crippen LogP contribution >= 0.6 is 35.1 Å². The third-order valence-corrected chi connectivity index (χ3v) is 10.3. The van der Waals surface area contributed by atoms with E-state index in [-0.39, 0.29) is 23.1 Å². The number of morpholine rings is 2.